The van der Waals surface area contributed by atoms with E-state index in [-0.39, 0.29) is 12.6 Å². The van der Waals surface area contributed by atoms with Crippen LogP contribution in [0.25, 0.3) is 5.69 Å². The van der Waals surface area contributed by atoms with E-state index in [0.717, 1.165) is 23.4 Å². The molecule has 1 unspecified atom stereocenters. The van der Waals surface area contributed by atoms with Crippen LogP contribution in [0.4, 0.5) is 13.2 Å². The van der Waals surface area contributed by atoms with Crippen LogP contribution in [-0.4, -0.2) is 35.0 Å². The fraction of sp³-hybridized carbons (Fsp3) is 0.385. The standard InChI is InChI=1S/C26H30F3N3O3/c1-6-34-24(33)25(3,4)35-21-10-7-18(8-11-21)22(30-5)16-20-13-14-31-32(20)23-12-9-19(15-17(23)2)26(27,28)29/h7-15,22,30H,6,16H2,1-5H3. The maximum absolute atomic E-state index is 13.1. The second kappa shape index (κ2) is 10.5. The number of hydrogen-bond donors (Lipinski definition) is 1. The Hall–Kier alpha value is -3.33. The molecule has 0 saturated carbocycles. The van der Waals surface area contributed by atoms with Gasteiger partial charge >= 0.3 is 12.1 Å². The molecule has 3 aromatic rings. The van der Waals surface area contributed by atoms with Crippen LogP contribution in [0.5, 0.6) is 5.75 Å². The average molecular weight is 490 g/mol. The number of hydrogen-bond acceptors (Lipinski definition) is 5. The SMILES string of the molecule is CCOC(=O)C(C)(C)Oc1ccc(C(Cc2ccnn2-c2ccc(C(F)(F)F)cc2C)NC)cc1. The lowest BCUT2D eigenvalue weighted by atomic mass is 10.0. The third-order valence-corrected chi connectivity index (χ3v) is 5.66. The third-order valence-electron chi connectivity index (χ3n) is 5.66. The Morgan fingerprint density at radius 1 is 1.11 bits per heavy atom. The van der Waals surface area contributed by atoms with Crippen molar-refractivity contribution in [2.75, 3.05) is 13.7 Å². The van der Waals surface area contributed by atoms with Gasteiger partial charge in [0.2, 0.25) is 0 Å². The summed E-state index contributed by atoms with van der Waals surface area (Å²) < 4.78 is 51.7. The molecule has 1 atom stereocenters. The molecule has 1 aromatic heterocycles. The highest BCUT2D eigenvalue weighted by Gasteiger charge is 2.32. The zero-order chi connectivity index (χ0) is 25.8. The van der Waals surface area contributed by atoms with Crippen LogP contribution in [0.1, 0.15) is 49.2 Å². The number of nitrogens with zero attached hydrogens (tertiary/aromatic N) is 2. The summed E-state index contributed by atoms with van der Waals surface area (Å²) in [5, 5.41) is 7.63. The van der Waals surface area contributed by atoms with Gasteiger partial charge in [-0.1, -0.05) is 12.1 Å². The first-order valence-electron chi connectivity index (χ1n) is 11.3. The van der Waals surface area contributed by atoms with E-state index in [4.69, 9.17) is 9.47 Å². The van der Waals surface area contributed by atoms with Crippen LogP contribution in [0.3, 0.4) is 0 Å². The molecule has 35 heavy (non-hydrogen) atoms. The van der Waals surface area contributed by atoms with Crippen LogP contribution in [0.2, 0.25) is 0 Å². The second-order valence-electron chi connectivity index (χ2n) is 8.68. The van der Waals surface area contributed by atoms with Crippen molar-refractivity contribution in [3.63, 3.8) is 0 Å². The molecule has 0 amide bonds. The first-order valence-corrected chi connectivity index (χ1v) is 11.3. The number of carbonyl (C=O) groups excluding carboxylic acids is 1. The van der Waals surface area contributed by atoms with Crippen molar-refractivity contribution in [1.82, 2.24) is 15.1 Å². The van der Waals surface area contributed by atoms with Gasteiger partial charge in [-0.2, -0.15) is 18.3 Å². The Morgan fingerprint density at radius 2 is 1.80 bits per heavy atom. The molecule has 0 aliphatic heterocycles. The Balaban J connectivity index is 1.78. The zero-order valence-electron chi connectivity index (χ0n) is 20.4. The molecule has 0 saturated heterocycles. The highest BCUT2D eigenvalue weighted by molar-refractivity contribution is 5.79. The lowest BCUT2D eigenvalue weighted by Gasteiger charge is -2.24. The zero-order valence-corrected chi connectivity index (χ0v) is 20.4. The van der Waals surface area contributed by atoms with Gasteiger partial charge in [0.15, 0.2) is 5.60 Å². The molecule has 3 rings (SSSR count). The molecule has 0 bridgehead atoms. The highest BCUT2D eigenvalue weighted by atomic mass is 19.4. The topological polar surface area (TPSA) is 65.4 Å². The van der Waals surface area contributed by atoms with E-state index in [9.17, 15) is 18.0 Å². The van der Waals surface area contributed by atoms with E-state index < -0.39 is 23.3 Å². The second-order valence-corrected chi connectivity index (χ2v) is 8.68. The molecule has 0 aliphatic rings. The van der Waals surface area contributed by atoms with E-state index in [1.54, 1.807) is 50.7 Å². The summed E-state index contributed by atoms with van der Waals surface area (Å²) in [7, 11) is 1.84. The number of ether oxygens (including phenoxy) is 2. The van der Waals surface area contributed by atoms with Crippen LogP contribution < -0.4 is 10.1 Å². The van der Waals surface area contributed by atoms with Gasteiger partial charge in [-0.3, -0.25) is 0 Å². The summed E-state index contributed by atoms with van der Waals surface area (Å²) in [5.41, 5.74) is 1.09. The quantitative estimate of drug-likeness (QED) is 0.407. The molecule has 1 N–H and O–H groups in total. The molecule has 9 heteroatoms. The van der Waals surface area contributed by atoms with Crippen molar-refractivity contribution in [3.8, 4) is 11.4 Å². The minimum atomic E-state index is -4.39. The molecule has 0 aliphatic carbocycles. The monoisotopic (exact) mass is 489 g/mol. The Morgan fingerprint density at radius 3 is 2.37 bits per heavy atom. The van der Waals surface area contributed by atoms with Crippen LogP contribution in [0.15, 0.2) is 54.7 Å². The molecule has 188 valence electrons. The summed E-state index contributed by atoms with van der Waals surface area (Å²) in [4.78, 5) is 12.1. The number of esters is 1. The summed E-state index contributed by atoms with van der Waals surface area (Å²) >= 11 is 0. The fourth-order valence-corrected chi connectivity index (χ4v) is 3.78. The van der Waals surface area contributed by atoms with Crippen LogP contribution in [0, 0.1) is 6.92 Å². The molecule has 0 spiro atoms. The normalized spacial score (nSPS) is 12.9. The van der Waals surface area contributed by atoms with Gasteiger partial charge in [-0.15, -0.1) is 0 Å². The summed E-state index contributed by atoms with van der Waals surface area (Å²) in [6, 6.07) is 12.8. The molecule has 1 heterocycles. The largest absolute Gasteiger partial charge is 0.476 e. The van der Waals surface area contributed by atoms with Gasteiger partial charge in [0.25, 0.3) is 0 Å². The highest BCUT2D eigenvalue weighted by Crippen LogP contribution is 2.32. The van der Waals surface area contributed by atoms with Crippen molar-refractivity contribution in [1.29, 1.82) is 0 Å². The molecular formula is C26H30F3N3O3. The predicted molar refractivity (Wildman–Crippen MR) is 127 cm³/mol. The lowest BCUT2D eigenvalue weighted by molar-refractivity contribution is -0.158. The Labute approximate surface area is 203 Å². The smallest absolute Gasteiger partial charge is 0.416 e. The van der Waals surface area contributed by atoms with E-state index >= 15 is 0 Å². The van der Waals surface area contributed by atoms with Crippen molar-refractivity contribution >= 4 is 5.97 Å². The van der Waals surface area contributed by atoms with Crippen molar-refractivity contribution in [2.24, 2.45) is 0 Å². The molecule has 0 radical (unpaired) electrons. The van der Waals surface area contributed by atoms with Gasteiger partial charge in [0.05, 0.1) is 17.9 Å². The molecular weight excluding hydrogens is 459 g/mol. The van der Waals surface area contributed by atoms with Crippen molar-refractivity contribution in [3.05, 3.63) is 77.1 Å². The third kappa shape index (κ3) is 6.22. The average Bonchev–Trinajstić information content (AvgIpc) is 3.25. The van der Waals surface area contributed by atoms with Crippen molar-refractivity contribution in [2.45, 2.75) is 51.9 Å². The lowest BCUT2D eigenvalue weighted by Crippen LogP contribution is -2.39. The maximum Gasteiger partial charge on any atom is 0.416 e. The first kappa shape index (κ1) is 26.3. The van der Waals surface area contributed by atoms with E-state index in [1.807, 2.05) is 25.2 Å². The fourth-order valence-electron chi connectivity index (χ4n) is 3.78. The summed E-state index contributed by atoms with van der Waals surface area (Å²) in [6.07, 6.45) is -2.21. The van der Waals surface area contributed by atoms with Gasteiger partial charge in [0.1, 0.15) is 5.75 Å². The number of rotatable bonds is 9. The number of aryl methyl sites for hydroxylation is 1. The summed E-state index contributed by atoms with van der Waals surface area (Å²) in [6.45, 7) is 6.96. The Bertz CT molecular complexity index is 1150. The minimum Gasteiger partial charge on any atom is -0.476 e. The van der Waals surface area contributed by atoms with Crippen LogP contribution in [-0.2, 0) is 22.1 Å². The molecule has 6 nitrogen and oxygen atoms in total. The van der Waals surface area contributed by atoms with Gasteiger partial charge < -0.3 is 14.8 Å². The van der Waals surface area contributed by atoms with Crippen molar-refractivity contribution < 1.29 is 27.4 Å². The number of aromatic nitrogens is 2. The van der Waals surface area contributed by atoms with Gasteiger partial charge in [0, 0.05) is 24.4 Å². The van der Waals surface area contributed by atoms with Crippen LogP contribution >= 0.6 is 0 Å². The summed E-state index contributed by atoms with van der Waals surface area (Å²) in [5.74, 6) is 0.0936. The number of likely N-dealkylation sites (N-methyl/N-ethyl adjacent to an activating group) is 1. The van der Waals surface area contributed by atoms with E-state index in [0.29, 0.717) is 23.4 Å². The number of halogens is 3. The number of nitrogens with one attached hydrogen (secondary N) is 1. The molecule has 2 aromatic carbocycles. The maximum atomic E-state index is 13.1. The first-order chi connectivity index (χ1) is 16.5. The van der Waals surface area contributed by atoms with E-state index in [1.165, 1.54) is 6.07 Å². The molecule has 0 fully saturated rings. The van der Waals surface area contributed by atoms with E-state index in [2.05, 4.69) is 10.4 Å². The predicted octanol–water partition coefficient (Wildman–Crippen LogP) is 5.42. The minimum absolute atomic E-state index is 0.0904. The number of benzene rings is 2. The van der Waals surface area contributed by atoms with Gasteiger partial charge in [-0.05, 0) is 82.3 Å². The van der Waals surface area contributed by atoms with Gasteiger partial charge in [-0.25, -0.2) is 9.48 Å². The number of alkyl halides is 3. The number of carbonyl (C=O) groups is 1. The Kier molecular flexibility index (Phi) is 7.90.